The number of hydrogen-bond donors (Lipinski definition) is 4. The fourth-order valence-electron chi connectivity index (χ4n) is 4.24. The van der Waals surface area contributed by atoms with Gasteiger partial charge in [0.1, 0.15) is 0 Å². The van der Waals surface area contributed by atoms with Crippen molar-refractivity contribution in [3.8, 4) is 0 Å². The van der Waals surface area contributed by atoms with Crippen LogP contribution >= 0.6 is 0 Å². The molecule has 2 heterocycles. The zero-order valence-corrected chi connectivity index (χ0v) is 20.3. The van der Waals surface area contributed by atoms with E-state index in [2.05, 4.69) is 45.7 Å². The average Bonchev–Trinajstić information content (AvgIpc) is 3.25. The highest BCUT2D eigenvalue weighted by molar-refractivity contribution is 5.92. The Balaban J connectivity index is 0.000000633. The van der Waals surface area contributed by atoms with Gasteiger partial charge in [-0.1, -0.05) is 50.3 Å². The topological polar surface area (TPSA) is 136 Å². The van der Waals surface area contributed by atoms with Gasteiger partial charge >= 0.3 is 5.97 Å². The molecule has 38 heavy (non-hydrogen) atoms. The second-order valence-electron chi connectivity index (χ2n) is 8.88. The molecule has 208 valence electrons. The smallest absolute Gasteiger partial charge is 0.328 e. The second kappa shape index (κ2) is 16.3. The van der Waals surface area contributed by atoms with Gasteiger partial charge in [0.25, 0.3) is 0 Å². The summed E-state index contributed by atoms with van der Waals surface area (Å²) in [7, 11) is 0. The fourth-order valence-corrected chi connectivity index (χ4v) is 4.24. The lowest BCUT2D eigenvalue weighted by atomic mass is 9.91. The van der Waals surface area contributed by atoms with Gasteiger partial charge in [-0.25, -0.2) is 4.79 Å². The van der Waals surface area contributed by atoms with Crippen LogP contribution in [0.5, 0.6) is 0 Å². The number of aliphatic carboxylic acids is 1. The molecule has 0 saturated carbocycles. The Labute approximate surface area is 224 Å². The molecule has 0 radical (unpaired) electrons. The van der Waals surface area contributed by atoms with E-state index < -0.39 is 12.3 Å². The molecule has 9 heteroatoms. The van der Waals surface area contributed by atoms with E-state index in [9.17, 15) is 9.59 Å². The maximum atomic E-state index is 11.2. The molecule has 1 aliphatic heterocycles. The van der Waals surface area contributed by atoms with Crippen molar-refractivity contribution in [2.45, 2.75) is 60.3 Å². The van der Waals surface area contributed by atoms with E-state index in [-0.39, 0.29) is 20.8 Å². The molecule has 3 aromatic rings. The first-order valence-electron chi connectivity index (χ1n) is 12.0. The average molecular weight is 528 g/mol. The summed E-state index contributed by atoms with van der Waals surface area (Å²) in [5.41, 5.74) is 3.90. The zero-order chi connectivity index (χ0) is 25.9. The van der Waals surface area contributed by atoms with Crippen LogP contribution in [0.25, 0.3) is 11.0 Å². The number of fused-ring (bicyclic) bond motifs is 1. The third-order valence-electron chi connectivity index (χ3n) is 6.02. The molecule has 0 bridgehead atoms. The van der Waals surface area contributed by atoms with E-state index >= 15 is 0 Å². The monoisotopic (exact) mass is 527 g/mol. The van der Waals surface area contributed by atoms with Crippen molar-refractivity contribution in [2.24, 2.45) is 5.92 Å². The van der Waals surface area contributed by atoms with Gasteiger partial charge in [0, 0.05) is 36.7 Å². The van der Waals surface area contributed by atoms with Crippen LogP contribution in [0.1, 0.15) is 52.3 Å². The Morgan fingerprint density at radius 2 is 1.82 bits per heavy atom. The number of carboxylic acid groups (broad SMARTS) is 1. The number of aromatic nitrogens is 1. The van der Waals surface area contributed by atoms with E-state index in [0.29, 0.717) is 6.08 Å². The number of likely N-dealkylation sites (tertiary alicyclic amines) is 1. The number of nitrogens with one attached hydrogen (secondary N) is 1. The van der Waals surface area contributed by atoms with E-state index in [1.165, 1.54) is 38.4 Å². The van der Waals surface area contributed by atoms with Crippen LogP contribution in [0.2, 0.25) is 0 Å². The van der Waals surface area contributed by atoms with Crippen molar-refractivity contribution in [3.05, 3.63) is 71.9 Å². The first-order chi connectivity index (χ1) is 17.3. The Morgan fingerprint density at radius 1 is 1.13 bits per heavy atom. The summed E-state index contributed by atoms with van der Waals surface area (Å²) in [5.74, 6) is -0.534. The quantitative estimate of drug-likeness (QED) is 0.241. The lowest BCUT2D eigenvalue weighted by Crippen LogP contribution is -2.33. The highest BCUT2D eigenvalue weighted by Crippen LogP contribution is 2.27. The first-order valence-corrected chi connectivity index (χ1v) is 12.0. The Hall–Kier alpha value is -3.53. The van der Waals surface area contributed by atoms with Crippen LogP contribution in [0, 0.1) is 5.92 Å². The minimum Gasteiger partial charge on any atom is -0.478 e. The van der Waals surface area contributed by atoms with Crippen molar-refractivity contribution >= 4 is 28.5 Å². The maximum Gasteiger partial charge on any atom is 0.328 e. The molecule has 1 saturated heterocycles. The molecule has 0 spiro atoms. The van der Waals surface area contributed by atoms with Crippen molar-refractivity contribution in [3.63, 3.8) is 0 Å². The predicted molar refractivity (Wildman–Crippen MR) is 150 cm³/mol. The molecule has 2 aromatic carbocycles. The first kappa shape index (κ1) is 32.5. The van der Waals surface area contributed by atoms with Gasteiger partial charge in [-0.15, -0.1) is 0 Å². The SMILES string of the molecule is C.C.CC(=O)Nc1ccc2c(CCC3CCN(Cc4ccccc4)CC3)noc2c1.O=C(O)/C=C/C(O)O. The molecule has 4 rings (SSSR count). The molecule has 1 aromatic heterocycles. The Kier molecular flexibility index (Phi) is 14.0. The number of carbonyl (C=O) groups is 2. The summed E-state index contributed by atoms with van der Waals surface area (Å²) in [6.07, 6.45) is 4.31. The van der Waals surface area contributed by atoms with Crippen LogP contribution in [0.3, 0.4) is 0 Å². The van der Waals surface area contributed by atoms with E-state index in [4.69, 9.17) is 19.8 Å². The largest absolute Gasteiger partial charge is 0.478 e. The van der Waals surface area contributed by atoms with Gasteiger partial charge in [0.15, 0.2) is 11.9 Å². The van der Waals surface area contributed by atoms with Crippen molar-refractivity contribution in [1.82, 2.24) is 10.1 Å². The summed E-state index contributed by atoms with van der Waals surface area (Å²) in [4.78, 5) is 23.3. The number of piperidine rings is 1. The summed E-state index contributed by atoms with van der Waals surface area (Å²) in [6.45, 7) is 4.89. The number of amides is 1. The number of anilines is 1. The lowest BCUT2D eigenvalue weighted by molar-refractivity contribution is -0.131. The number of nitrogens with zero attached hydrogens (tertiary/aromatic N) is 2. The summed E-state index contributed by atoms with van der Waals surface area (Å²) in [6, 6.07) is 16.5. The molecule has 9 nitrogen and oxygen atoms in total. The highest BCUT2D eigenvalue weighted by atomic mass is 16.5. The predicted octanol–water partition coefficient (Wildman–Crippen LogP) is 4.84. The van der Waals surface area contributed by atoms with E-state index in [0.717, 1.165) is 53.7 Å². The van der Waals surface area contributed by atoms with Crippen molar-refractivity contribution < 1.29 is 29.4 Å². The van der Waals surface area contributed by atoms with Crippen molar-refractivity contribution in [2.75, 3.05) is 18.4 Å². The minimum absolute atomic E-state index is 0. The van der Waals surface area contributed by atoms with E-state index in [1.54, 1.807) is 0 Å². The summed E-state index contributed by atoms with van der Waals surface area (Å²) >= 11 is 0. The molecular formula is C29H41N3O6. The van der Waals surface area contributed by atoms with Crippen LogP contribution in [-0.4, -0.2) is 56.6 Å². The molecule has 1 fully saturated rings. The molecule has 1 amide bonds. The third-order valence-corrected chi connectivity index (χ3v) is 6.02. The summed E-state index contributed by atoms with van der Waals surface area (Å²) < 4.78 is 5.49. The molecule has 1 aliphatic rings. The number of aryl methyl sites for hydroxylation is 1. The number of carbonyl (C=O) groups excluding carboxylic acids is 1. The van der Waals surface area contributed by atoms with E-state index in [1.807, 2.05) is 18.2 Å². The normalized spacial score (nSPS) is 13.9. The van der Waals surface area contributed by atoms with Crippen LogP contribution in [-0.2, 0) is 22.6 Å². The number of rotatable bonds is 8. The third kappa shape index (κ3) is 10.8. The zero-order valence-electron chi connectivity index (χ0n) is 20.3. The lowest BCUT2D eigenvalue weighted by Gasteiger charge is -2.31. The molecule has 0 aliphatic carbocycles. The van der Waals surface area contributed by atoms with Gasteiger partial charge in [-0.05, 0) is 68.5 Å². The number of benzene rings is 2. The standard InChI is InChI=1S/C23H27N3O2.C4H6O4.2CH4/c1-17(27)24-20-8-9-21-22(25-28-23(21)15-20)10-7-18-11-13-26(14-12-18)16-19-5-3-2-4-6-19;5-3(6)1-2-4(7)8;;/h2-6,8-9,15,18H,7,10-14,16H2,1H3,(H,24,27);1-3,5-6H,(H,7,8);2*1H4/b;2-1+;;. The van der Waals surface area contributed by atoms with Crippen molar-refractivity contribution in [1.29, 1.82) is 0 Å². The number of aliphatic hydroxyl groups excluding tert-OH is 1. The van der Waals surface area contributed by atoms with Crippen LogP contribution in [0.4, 0.5) is 5.69 Å². The minimum atomic E-state index is -1.67. The van der Waals surface area contributed by atoms with Gasteiger partial charge in [0.05, 0.1) is 5.69 Å². The van der Waals surface area contributed by atoms with Gasteiger partial charge in [0.2, 0.25) is 5.91 Å². The number of aliphatic hydroxyl groups is 2. The Bertz CT molecular complexity index is 1150. The summed E-state index contributed by atoms with van der Waals surface area (Å²) in [5, 5.41) is 32.0. The van der Waals surface area contributed by atoms with Gasteiger partial charge in [-0.2, -0.15) is 0 Å². The number of carboxylic acids is 1. The fraction of sp³-hybridized carbons (Fsp3) is 0.414. The molecular weight excluding hydrogens is 486 g/mol. The second-order valence-corrected chi connectivity index (χ2v) is 8.88. The van der Waals surface area contributed by atoms with Crippen LogP contribution < -0.4 is 5.32 Å². The highest BCUT2D eigenvalue weighted by Gasteiger charge is 2.20. The molecule has 0 atom stereocenters. The molecule has 4 N–H and O–H groups in total. The maximum absolute atomic E-state index is 11.2. The van der Waals surface area contributed by atoms with Crippen LogP contribution in [0.15, 0.2) is 65.2 Å². The molecule has 0 unspecified atom stereocenters. The van der Waals surface area contributed by atoms with Gasteiger partial charge < -0.3 is 25.2 Å². The number of hydrogen-bond acceptors (Lipinski definition) is 7. The Morgan fingerprint density at radius 3 is 2.39 bits per heavy atom. The van der Waals surface area contributed by atoms with Gasteiger partial charge in [-0.3, -0.25) is 9.69 Å².